The lowest BCUT2D eigenvalue weighted by molar-refractivity contribution is -0.140. The van der Waals surface area contributed by atoms with Crippen molar-refractivity contribution < 1.29 is 33.4 Å². The van der Waals surface area contributed by atoms with Gasteiger partial charge in [0.1, 0.15) is 6.04 Å². The van der Waals surface area contributed by atoms with E-state index in [0.717, 1.165) is 0 Å². The predicted octanol–water partition coefficient (Wildman–Crippen LogP) is -1.17. The molecule has 0 rings (SSSR count). The number of rotatable bonds is 5. The lowest BCUT2D eigenvalue weighted by Crippen LogP contribution is -2.34. The maximum absolute atomic E-state index is 12.6. The van der Waals surface area contributed by atoms with Gasteiger partial charge < -0.3 is 20.6 Å². The Balaban J connectivity index is 4.37. The van der Waals surface area contributed by atoms with Gasteiger partial charge in [0.05, 0.1) is 0 Å². The van der Waals surface area contributed by atoms with E-state index in [1.165, 1.54) is 0 Å². The van der Waals surface area contributed by atoms with E-state index in [-0.39, 0.29) is 0 Å². The van der Waals surface area contributed by atoms with Gasteiger partial charge >= 0.3 is 13.6 Å². The first-order valence-electron chi connectivity index (χ1n) is 3.36. The number of carbonyl (C=O) groups excluding carboxylic acids is 1. The van der Waals surface area contributed by atoms with Gasteiger partial charge in [0, 0.05) is 6.42 Å². The number of halogens is 1. The number of hydrogen-bond donors (Lipinski definition) is 4. The third-order valence-electron chi connectivity index (χ3n) is 1.30. The largest absolute Gasteiger partial charge is 0.480 e. The molecule has 0 aromatic carbocycles. The van der Waals surface area contributed by atoms with Crippen molar-refractivity contribution in [3.8, 4) is 0 Å². The van der Waals surface area contributed by atoms with Crippen molar-refractivity contribution in [1.29, 1.82) is 0 Å². The minimum atomic E-state index is -5.16. The number of carbonyl (C=O) groups is 2. The molecule has 7 nitrogen and oxygen atoms in total. The van der Waals surface area contributed by atoms with Crippen LogP contribution >= 0.6 is 7.60 Å². The van der Waals surface area contributed by atoms with Crippen LogP contribution in [0.2, 0.25) is 0 Å². The Morgan fingerprint density at radius 2 is 1.86 bits per heavy atom. The van der Waals surface area contributed by atoms with E-state index in [9.17, 15) is 18.5 Å². The predicted molar refractivity (Wildman–Crippen MR) is 42.2 cm³/mol. The SMILES string of the molecule is N[C@@H](CC(=O)C(F)P(=O)(O)O)C(=O)O. The van der Waals surface area contributed by atoms with E-state index in [1.54, 1.807) is 0 Å². The molecular formula is C5H9FNO6P. The summed E-state index contributed by atoms with van der Waals surface area (Å²) >= 11 is 0. The fourth-order valence-electron chi connectivity index (χ4n) is 0.589. The van der Waals surface area contributed by atoms with Crippen LogP contribution in [-0.4, -0.2) is 38.6 Å². The number of aliphatic carboxylic acids is 1. The first kappa shape index (κ1) is 13.2. The Morgan fingerprint density at radius 3 is 2.14 bits per heavy atom. The summed E-state index contributed by atoms with van der Waals surface area (Å²) in [6.45, 7) is 0. The number of hydrogen-bond acceptors (Lipinski definition) is 4. The molecule has 0 aliphatic carbocycles. The van der Waals surface area contributed by atoms with Crippen LogP contribution in [0.15, 0.2) is 0 Å². The van der Waals surface area contributed by atoms with Crippen LogP contribution in [0.4, 0.5) is 4.39 Å². The summed E-state index contributed by atoms with van der Waals surface area (Å²) in [6.07, 6.45) is -0.957. The van der Waals surface area contributed by atoms with Gasteiger partial charge in [-0.1, -0.05) is 0 Å². The van der Waals surface area contributed by atoms with E-state index in [0.29, 0.717) is 0 Å². The smallest absolute Gasteiger partial charge is 0.367 e. The second-order valence-electron chi connectivity index (χ2n) is 2.54. The fraction of sp³-hybridized carbons (Fsp3) is 0.600. The van der Waals surface area contributed by atoms with Crippen LogP contribution in [0.1, 0.15) is 6.42 Å². The quantitative estimate of drug-likeness (QED) is 0.435. The van der Waals surface area contributed by atoms with Crippen molar-refractivity contribution in [2.45, 2.75) is 18.4 Å². The molecule has 1 unspecified atom stereocenters. The molecule has 0 heterocycles. The van der Waals surface area contributed by atoms with Crippen molar-refractivity contribution in [3.05, 3.63) is 0 Å². The van der Waals surface area contributed by atoms with Gasteiger partial charge in [0.2, 0.25) is 0 Å². The maximum atomic E-state index is 12.6. The maximum Gasteiger partial charge on any atom is 0.367 e. The molecule has 0 spiro atoms. The standard InChI is InChI=1S/C5H9FNO6P/c6-4(14(11,12)13)3(8)1-2(7)5(9)10/h2,4H,1,7H2,(H,9,10)(H2,11,12,13)/t2-,4?/m0/s1. The third-order valence-corrected chi connectivity index (χ3v) is 2.18. The number of Topliss-reactive ketones (excluding diaryl/α,β-unsaturated/α-hetero) is 1. The molecule has 0 aliphatic heterocycles. The van der Waals surface area contributed by atoms with Gasteiger partial charge in [-0.25, -0.2) is 4.39 Å². The minimum absolute atomic E-state index is 0.957. The number of alkyl halides is 1. The Hall–Kier alpha value is -0.820. The molecule has 14 heavy (non-hydrogen) atoms. The number of nitrogens with two attached hydrogens (primary N) is 1. The summed E-state index contributed by atoms with van der Waals surface area (Å²) in [4.78, 5) is 37.3. The van der Waals surface area contributed by atoms with Crippen molar-refractivity contribution in [2.75, 3.05) is 0 Å². The van der Waals surface area contributed by atoms with E-state index < -0.39 is 37.7 Å². The van der Waals surface area contributed by atoms with Gasteiger partial charge in [-0.05, 0) is 0 Å². The first-order valence-corrected chi connectivity index (χ1v) is 5.04. The zero-order chi connectivity index (χ0) is 11.5. The van der Waals surface area contributed by atoms with E-state index in [1.807, 2.05) is 0 Å². The molecule has 0 aromatic rings. The molecule has 0 radical (unpaired) electrons. The molecule has 9 heteroatoms. The fourth-order valence-corrected chi connectivity index (χ4v) is 1.07. The summed E-state index contributed by atoms with van der Waals surface area (Å²) < 4.78 is 22.8. The Kier molecular flexibility index (Phi) is 4.34. The molecule has 0 aromatic heterocycles. The summed E-state index contributed by atoms with van der Waals surface area (Å²) in [5.41, 5.74) is 4.86. The number of carboxylic acid groups (broad SMARTS) is 1. The van der Waals surface area contributed by atoms with Crippen LogP contribution in [0.25, 0.3) is 0 Å². The minimum Gasteiger partial charge on any atom is -0.480 e. The van der Waals surface area contributed by atoms with E-state index >= 15 is 0 Å². The van der Waals surface area contributed by atoms with E-state index in [4.69, 9.17) is 20.6 Å². The number of ketones is 1. The molecule has 0 fully saturated rings. The molecule has 0 saturated heterocycles. The topological polar surface area (TPSA) is 138 Å². The van der Waals surface area contributed by atoms with Crippen LogP contribution in [0, 0.1) is 0 Å². The molecular weight excluding hydrogens is 220 g/mol. The van der Waals surface area contributed by atoms with Crippen molar-refractivity contribution in [2.24, 2.45) is 5.73 Å². The van der Waals surface area contributed by atoms with Gasteiger partial charge in [-0.2, -0.15) is 0 Å². The van der Waals surface area contributed by atoms with Gasteiger partial charge in [0.25, 0.3) is 5.91 Å². The highest BCUT2D eigenvalue weighted by atomic mass is 31.2. The second kappa shape index (κ2) is 4.61. The average Bonchev–Trinajstić information content (AvgIpc) is 2.00. The summed E-state index contributed by atoms with van der Waals surface area (Å²) in [6, 6.07) is -1.66. The highest BCUT2D eigenvalue weighted by Crippen LogP contribution is 2.42. The number of carboxylic acids is 1. The van der Waals surface area contributed by atoms with Crippen LogP contribution in [0.3, 0.4) is 0 Å². The highest BCUT2D eigenvalue weighted by Gasteiger charge is 2.36. The molecule has 0 amide bonds. The molecule has 82 valence electrons. The lowest BCUT2D eigenvalue weighted by atomic mass is 10.2. The van der Waals surface area contributed by atoms with Crippen molar-refractivity contribution in [1.82, 2.24) is 0 Å². The molecule has 2 atom stereocenters. The molecule has 5 N–H and O–H groups in total. The summed E-state index contributed by atoms with van der Waals surface area (Å²) in [5, 5.41) is 8.22. The van der Waals surface area contributed by atoms with Crippen LogP contribution in [-0.2, 0) is 14.2 Å². The van der Waals surface area contributed by atoms with Crippen LogP contribution < -0.4 is 5.73 Å². The third kappa shape index (κ3) is 3.93. The zero-order valence-corrected chi connectivity index (χ0v) is 7.73. The zero-order valence-electron chi connectivity index (χ0n) is 6.83. The second-order valence-corrected chi connectivity index (χ2v) is 4.17. The van der Waals surface area contributed by atoms with Crippen molar-refractivity contribution in [3.63, 3.8) is 0 Å². The van der Waals surface area contributed by atoms with Crippen molar-refractivity contribution >= 4 is 19.3 Å². The van der Waals surface area contributed by atoms with Crippen LogP contribution in [0.5, 0.6) is 0 Å². The monoisotopic (exact) mass is 229 g/mol. The summed E-state index contributed by atoms with van der Waals surface area (Å²) in [5.74, 6) is -6.07. The van der Waals surface area contributed by atoms with Gasteiger partial charge in [-0.3, -0.25) is 14.2 Å². The van der Waals surface area contributed by atoms with Gasteiger partial charge in [0.15, 0.2) is 5.78 Å². The Labute approximate surface area is 77.9 Å². The molecule has 0 bridgehead atoms. The Morgan fingerprint density at radius 1 is 1.43 bits per heavy atom. The molecule has 0 aliphatic rings. The lowest BCUT2D eigenvalue weighted by Gasteiger charge is -2.10. The van der Waals surface area contributed by atoms with E-state index in [2.05, 4.69) is 0 Å². The molecule has 0 saturated carbocycles. The van der Waals surface area contributed by atoms with Gasteiger partial charge in [-0.15, -0.1) is 0 Å². The summed E-state index contributed by atoms with van der Waals surface area (Å²) in [7, 11) is -5.16. The first-order chi connectivity index (χ1) is 6.16. The highest BCUT2D eigenvalue weighted by molar-refractivity contribution is 7.53. The Bertz CT molecular complexity index is 288. The normalized spacial score (nSPS) is 16.0. The average molecular weight is 229 g/mol.